The zero-order valence-electron chi connectivity index (χ0n) is 5.83. The first-order valence-electron chi connectivity index (χ1n) is 3.27. The molecule has 0 rings (SSSR count). The van der Waals surface area contributed by atoms with Gasteiger partial charge in [-0.05, 0) is 33.1 Å². The van der Waals surface area contributed by atoms with Crippen LogP contribution in [-0.4, -0.2) is 26.7 Å². The maximum absolute atomic E-state index is 3.24. The van der Waals surface area contributed by atoms with Gasteiger partial charge < -0.3 is 10.6 Å². The van der Waals surface area contributed by atoms with Crippen molar-refractivity contribution in [3.8, 4) is 0 Å². The lowest BCUT2D eigenvalue weighted by atomic mass is 10.4. The lowest BCUT2D eigenvalue weighted by Gasteiger charge is -1.98. The quantitative estimate of drug-likeness (QED) is 0.522. The molecule has 2 heteroatoms. The van der Waals surface area contributed by atoms with E-state index in [1.807, 2.05) is 7.05 Å². The van der Waals surface area contributed by atoms with Gasteiger partial charge in [-0.25, -0.2) is 0 Å². The maximum Gasteiger partial charge on any atom is 0 e. The van der Waals surface area contributed by atoms with E-state index in [0.29, 0.717) is 0 Å². The van der Waals surface area contributed by atoms with Crippen molar-refractivity contribution in [1.82, 2.24) is 10.6 Å². The molecule has 0 aromatic heterocycles. The van der Waals surface area contributed by atoms with E-state index in [1.54, 1.807) is 0 Å². The Balaban J connectivity index is -0.000000245. The lowest BCUT2D eigenvalue weighted by Crippen LogP contribution is -2.18. The summed E-state index contributed by atoms with van der Waals surface area (Å²) in [4.78, 5) is 0. The third kappa shape index (κ3) is 5.92. The van der Waals surface area contributed by atoms with Gasteiger partial charge >= 0.3 is 0 Å². The van der Waals surface area contributed by atoms with Crippen molar-refractivity contribution in [3.05, 3.63) is 0 Å². The first-order chi connectivity index (χ1) is 3.91. The van der Waals surface area contributed by atoms with Gasteiger partial charge in [0, 0.05) is 2.85 Å². The fourth-order valence-corrected chi connectivity index (χ4v) is 0.567. The van der Waals surface area contributed by atoms with Crippen LogP contribution in [-0.2, 0) is 0 Å². The molecule has 0 aromatic carbocycles. The highest BCUT2D eigenvalue weighted by molar-refractivity contribution is 4.44. The van der Waals surface area contributed by atoms with Gasteiger partial charge in [-0.15, -0.1) is 0 Å². The normalized spacial score (nSPS) is 9.75. The van der Waals surface area contributed by atoms with Gasteiger partial charge in [0.25, 0.3) is 0 Å². The maximum atomic E-state index is 3.24. The summed E-state index contributed by atoms with van der Waals surface area (Å²) in [6.07, 6.45) is 1.23. The van der Waals surface area contributed by atoms with Crippen LogP contribution in [0.25, 0.3) is 0 Å². The van der Waals surface area contributed by atoms with Crippen LogP contribution in [0.4, 0.5) is 0 Å². The SMILES string of the molecule is CCNCCCNC.[HH].[HH]. The fraction of sp³-hybridized carbons (Fsp3) is 1.00. The highest BCUT2D eigenvalue weighted by atomic mass is 14.9. The van der Waals surface area contributed by atoms with Gasteiger partial charge in [0.15, 0.2) is 0 Å². The molecule has 0 atom stereocenters. The molecule has 0 bridgehead atoms. The Bertz CT molecular complexity index is 38.7. The van der Waals surface area contributed by atoms with E-state index < -0.39 is 0 Å². The van der Waals surface area contributed by atoms with Gasteiger partial charge in [-0.3, -0.25) is 0 Å². The molecule has 0 radical (unpaired) electrons. The topological polar surface area (TPSA) is 24.1 Å². The highest BCUT2D eigenvalue weighted by Gasteiger charge is 1.80. The number of nitrogens with one attached hydrogen (secondary N) is 2. The summed E-state index contributed by atoms with van der Waals surface area (Å²) in [5.41, 5.74) is 0. The van der Waals surface area contributed by atoms with Gasteiger partial charge in [0.05, 0.1) is 0 Å². The average Bonchev–Trinajstić information content (AvgIpc) is 1.81. The predicted octanol–water partition coefficient (Wildman–Crippen LogP) is 0.697. The largest absolute Gasteiger partial charge is 0.320 e. The lowest BCUT2D eigenvalue weighted by molar-refractivity contribution is 0.642. The number of rotatable bonds is 5. The van der Waals surface area contributed by atoms with Crippen molar-refractivity contribution in [1.29, 1.82) is 0 Å². The molecule has 0 saturated heterocycles. The molecular formula is C6H20N2. The molecule has 0 unspecified atom stereocenters. The molecule has 0 aliphatic rings. The van der Waals surface area contributed by atoms with Crippen molar-refractivity contribution >= 4 is 0 Å². The molecule has 2 nitrogen and oxygen atoms in total. The molecule has 0 aliphatic carbocycles. The second-order valence-corrected chi connectivity index (χ2v) is 1.81. The highest BCUT2D eigenvalue weighted by Crippen LogP contribution is 1.69. The predicted molar refractivity (Wildman–Crippen MR) is 41.3 cm³/mol. The van der Waals surface area contributed by atoms with Crippen molar-refractivity contribution in [3.63, 3.8) is 0 Å². The third-order valence-corrected chi connectivity index (χ3v) is 1.03. The van der Waals surface area contributed by atoms with E-state index in [4.69, 9.17) is 0 Å². The molecule has 0 saturated carbocycles. The van der Waals surface area contributed by atoms with E-state index in [9.17, 15) is 0 Å². The van der Waals surface area contributed by atoms with Gasteiger partial charge in [0.1, 0.15) is 0 Å². The first kappa shape index (κ1) is 7.92. The third-order valence-electron chi connectivity index (χ3n) is 1.03. The second-order valence-electron chi connectivity index (χ2n) is 1.81. The van der Waals surface area contributed by atoms with E-state index >= 15 is 0 Å². The Morgan fingerprint density at radius 3 is 2.62 bits per heavy atom. The molecule has 0 aliphatic heterocycles. The zero-order valence-corrected chi connectivity index (χ0v) is 5.83. The van der Waals surface area contributed by atoms with Gasteiger partial charge in [-0.2, -0.15) is 0 Å². The van der Waals surface area contributed by atoms with Crippen LogP contribution < -0.4 is 10.6 Å². The van der Waals surface area contributed by atoms with E-state index in [1.165, 1.54) is 6.42 Å². The summed E-state index contributed by atoms with van der Waals surface area (Å²) in [6, 6.07) is 0. The zero-order chi connectivity index (χ0) is 6.24. The molecular weight excluding hydrogens is 100 g/mol. The summed E-state index contributed by atoms with van der Waals surface area (Å²) >= 11 is 0. The van der Waals surface area contributed by atoms with Crippen molar-refractivity contribution in [2.45, 2.75) is 13.3 Å². The van der Waals surface area contributed by atoms with Crippen LogP contribution >= 0.6 is 0 Å². The molecule has 0 amide bonds. The average molecular weight is 120 g/mol. The minimum atomic E-state index is 0. The Hall–Kier alpha value is -0.0800. The van der Waals surface area contributed by atoms with Crippen LogP contribution in [0.3, 0.4) is 0 Å². The molecule has 0 spiro atoms. The summed E-state index contributed by atoms with van der Waals surface area (Å²) in [5.74, 6) is 0. The first-order valence-corrected chi connectivity index (χ1v) is 3.27. The van der Waals surface area contributed by atoms with E-state index in [2.05, 4.69) is 17.6 Å². The molecule has 54 valence electrons. The summed E-state index contributed by atoms with van der Waals surface area (Å²) in [5, 5.41) is 6.33. The molecule has 0 heterocycles. The molecule has 0 aromatic rings. The van der Waals surface area contributed by atoms with Gasteiger partial charge in [-0.1, -0.05) is 6.92 Å². The summed E-state index contributed by atoms with van der Waals surface area (Å²) in [7, 11) is 1.98. The molecule has 2 N–H and O–H groups in total. The smallest absolute Gasteiger partial charge is 0 e. The Morgan fingerprint density at radius 1 is 1.38 bits per heavy atom. The van der Waals surface area contributed by atoms with Crippen LogP contribution in [0.2, 0.25) is 0 Å². The minimum Gasteiger partial charge on any atom is -0.320 e. The number of hydrogen-bond acceptors (Lipinski definition) is 2. The summed E-state index contributed by atoms with van der Waals surface area (Å²) < 4.78 is 0. The van der Waals surface area contributed by atoms with Crippen LogP contribution in [0.5, 0.6) is 0 Å². The molecule has 8 heavy (non-hydrogen) atoms. The standard InChI is InChI=1S/C6H16N2.2H2/c1-3-8-6-4-5-7-2;;/h7-8H,3-6H2,1-2H3;2*1H. The number of hydrogen-bond donors (Lipinski definition) is 2. The second kappa shape index (κ2) is 6.92. The van der Waals surface area contributed by atoms with Gasteiger partial charge in [0.2, 0.25) is 0 Å². The monoisotopic (exact) mass is 120 g/mol. The van der Waals surface area contributed by atoms with Crippen LogP contribution in [0, 0.1) is 0 Å². The van der Waals surface area contributed by atoms with Crippen molar-refractivity contribution in [2.24, 2.45) is 0 Å². The van der Waals surface area contributed by atoms with Crippen LogP contribution in [0.15, 0.2) is 0 Å². The van der Waals surface area contributed by atoms with Crippen LogP contribution in [0.1, 0.15) is 16.2 Å². The summed E-state index contributed by atoms with van der Waals surface area (Å²) in [6.45, 7) is 5.47. The van der Waals surface area contributed by atoms with E-state index in [-0.39, 0.29) is 2.85 Å². The molecule has 0 fully saturated rings. The Kier molecular flexibility index (Phi) is 6.85. The fourth-order valence-electron chi connectivity index (χ4n) is 0.567. The Labute approximate surface area is 54.6 Å². The Morgan fingerprint density at radius 2 is 2.12 bits per heavy atom. The van der Waals surface area contributed by atoms with Crippen molar-refractivity contribution in [2.75, 3.05) is 26.7 Å². The van der Waals surface area contributed by atoms with E-state index in [0.717, 1.165) is 19.6 Å². The minimum absolute atomic E-state index is 0. The van der Waals surface area contributed by atoms with Crippen molar-refractivity contribution < 1.29 is 2.85 Å².